The summed E-state index contributed by atoms with van der Waals surface area (Å²) in [5, 5.41) is 6.34. The highest BCUT2D eigenvalue weighted by Gasteiger charge is 2.09. The Balaban J connectivity index is 2.29. The largest absolute Gasteiger partial charge is 0.393 e. The molecule has 0 aliphatic heterocycles. The predicted octanol–water partition coefficient (Wildman–Crippen LogP) is 3.02. The minimum absolute atomic E-state index is 0.496. The first kappa shape index (κ1) is 13.9. The maximum absolute atomic E-state index is 6.08. The van der Waals surface area contributed by atoms with Crippen molar-refractivity contribution in [1.82, 2.24) is 9.97 Å². The SMILES string of the molecule is C=CCNc1ncnc(Nc2cccc(C)c2C)c1N. The van der Waals surface area contributed by atoms with Crippen molar-refractivity contribution in [2.45, 2.75) is 13.8 Å². The van der Waals surface area contributed by atoms with Gasteiger partial charge in [-0.1, -0.05) is 18.2 Å². The van der Waals surface area contributed by atoms with Crippen molar-refractivity contribution in [2.75, 3.05) is 22.9 Å². The van der Waals surface area contributed by atoms with Crippen molar-refractivity contribution in [3.8, 4) is 0 Å². The van der Waals surface area contributed by atoms with Gasteiger partial charge in [-0.15, -0.1) is 6.58 Å². The van der Waals surface area contributed by atoms with Crippen molar-refractivity contribution in [3.63, 3.8) is 0 Å². The molecule has 5 heteroatoms. The second kappa shape index (κ2) is 6.06. The van der Waals surface area contributed by atoms with Crippen LogP contribution in [0, 0.1) is 13.8 Å². The maximum atomic E-state index is 6.08. The molecule has 0 amide bonds. The van der Waals surface area contributed by atoms with E-state index in [9.17, 15) is 0 Å². The molecule has 2 rings (SSSR count). The van der Waals surface area contributed by atoms with Gasteiger partial charge < -0.3 is 16.4 Å². The molecule has 1 aromatic heterocycles. The average molecular weight is 269 g/mol. The Morgan fingerprint density at radius 1 is 1.25 bits per heavy atom. The Bertz CT molecular complexity index is 622. The minimum atomic E-state index is 0.496. The molecule has 0 spiro atoms. The average Bonchev–Trinajstić information content (AvgIpc) is 2.44. The highest BCUT2D eigenvalue weighted by Crippen LogP contribution is 2.28. The molecule has 0 fully saturated rings. The van der Waals surface area contributed by atoms with Crippen LogP contribution in [0.1, 0.15) is 11.1 Å². The summed E-state index contributed by atoms with van der Waals surface area (Å²) in [7, 11) is 0. The van der Waals surface area contributed by atoms with Crippen LogP contribution < -0.4 is 16.4 Å². The van der Waals surface area contributed by atoms with E-state index in [-0.39, 0.29) is 0 Å². The van der Waals surface area contributed by atoms with Crippen molar-refractivity contribution in [3.05, 3.63) is 48.3 Å². The van der Waals surface area contributed by atoms with Crippen LogP contribution in [-0.2, 0) is 0 Å². The van der Waals surface area contributed by atoms with E-state index in [1.54, 1.807) is 6.08 Å². The fraction of sp³-hybridized carbons (Fsp3) is 0.200. The number of hydrogen-bond donors (Lipinski definition) is 3. The molecule has 0 saturated heterocycles. The van der Waals surface area contributed by atoms with Crippen LogP contribution in [0.3, 0.4) is 0 Å². The van der Waals surface area contributed by atoms with E-state index in [0.29, 0.717) is 23.9 Å². The molecular formula is C15H19N5. The zero-order valence-electron chi connectivity index (χ0n) is 11.8. The maximum Gasteiger partial charge on any atom is 0.159 e. The van der Waals surface area contributed by atoms with Crippen molar-refractivity contribution < 1.29 is 0 Å². The molecule has 0 unspecified atom stereocenters. The highest BCUT2D eigenvalue weighted by atomic mass is 15.1. The Hall–Kier alpha value is -2.56. The monoisotopic (exact) mass is 269 g/mol. The van der Waals surface area contributed by atoms with E-state index in [1.807, 2.05) is 12.1 Å². The molecule has 20 heavy (non-hydrogen) atoms. The number of aryl methyl sites for hydroxylation is 1. The van der Waals surface area contributed by atoms with Crippen LogP contribution in [0.4, 0.5) is 23.0 Å². The van der Waals surface area contributed by atoms with Crippen LogP contribution in [0.25, 0.3) is 0 Å². The molecular weight excluding hydrogens is 250 g/mol. The molecule has 0 aliphatic rings. The lowest BCUT2D eigenvalue weighted by Gasteiger charge is -2.14. The molecule has 104 valence electrons. The first-order valence-corrected chi connectivity index (χ1v) is 6.42. The number of nitrogens with zero attached hydrogens (tertiary/aromatic N) is 2. The lowest BCUT2D eigenvalue weighted by Crippen LogP contribution is -2.08. The van der Waals surface area contributed by atoms with Gasteiger partial charge in [0, 0.05) is 12.2 Å². The third-order valence-corrected chi connectivity index (χ3v) is 3.16. The Morgan fingerprint density at radius 3 is 2.75 bits per heavy atom. The predicted molar refractivity (Wildman–Crippen MR) is 84.3 cm³/mol. The van der Waals surface area contributed by atoms with Crippen molar-refractivity contribution >= 4 is 23.0 Å². The van der Waals surface area contributed by atoms with E-state index < -0.39 is 0 Å². The number of anilines is 4. The van der Waals surface area contributed by atoms with Gasteiger partial charge in [0.05, 0.1) is 0 Å². The number of rotatable bonds is 5. The van der Waals surface area contributed by atoms with Gasteiger partial charge in [-0.2, -0.15) is 0 Å². The molecule has 0 bridgehead atoms. The summed E-state index contributed by atoms with van der Waals surface area (Å²) in [4.78, 5) is 8.32. The zero-order chi connectivity index (χ0) is 14.5. The Morgan fingerprint density at radius 2 is 2.00 bits per heavy atom. The standard InChI is InChI=1S/C15H19N5/c1-4-8-17-14-13(16)15(19-9-18-14)20-12-7-5-6-10(2)11(12)3/h4-7,9H,1,8,16H2,2-3H3,(H2,17,18,19,20). The van der Waals surface area contributed by atoms with Crippen LogP contribution in [0.5, 0.6) is 0 Å². The van der Waals surface area contributed by atoms with Crippen LogP contribution >= 0.6 is 0 Å². The fourth-order valence-electron chi connectivity index (χ4n) is 1.82. The van der Waals surface area contributed by atoms with E-state index in [0.717, 1.165) is 5.69 Å². The van der Waals surface area contributed by atoms with E-state index in [4.69, 9.17) is 5.73 Å². The molecule has 2 aromatic rings. The van der Waals surface area contributed by atoms with Gasteiger partial charge in [-0.25, -0.2) is 9.97 Å². The second-order valence-electron chi connectivity index (χ2n) is 4.53. The number of nitrogen functional groups attached to an aromatic ring is 1. The molecule has 0 saturated carbocycles. The summed E-state index contributed by atoms with van der Waals surface area (Å²) >= 11 is 0. The van der Waals surface area contributed by atoms with E-state index >= 15 is 0 Å². The Kier molecular flexibility index (Phi) is 4.20. The lowest BCUT2D eigenvalue weighted by atomic mass is 10.1. The van der Waals surface area contributed by atoms with Gasteiger partial charge in [0.2, 0.25) is 0 Å². The van der Waals surface area contributed by atoms with Gasteiger partial charge >= 0.3 is 0 Å². The van der Waals surface area contributed by atoms with Crippen LogP contribution in [-0.4, -0.2) is 16.5 Å². The first-order chi connectivity index (χ1) is 9.63. The van der Waals surface area contributed by atoms with Gasteiger partial charge in [0.1, 0.15) is 12.0 Å². The number of hydrogen-bond acceptors (Lipinski definition) is 5. The topological polar surface area (TPSA) is 75.9 Å². The third kappa shape index (κ3) is 2.88. The first-order valence-electron chi connectivity index (χ1n) is 6.42. The molecule has 5 nitrogen and oxygen atoms in total. The van der Waals surface area contributed by atoms with Crippen LogP contribution in [0.2, 0.25) is 0 Å². The number of nitrogens with one attached hydrogen (secondary N) is 2. The summed E-state index contributed by atoms with van der Waals surface area (Å²) in [6, 6.07) is 6.07. The number of aromatic nitrogens is 2. The summed E-state index contributed by atoms with van der Waals surface area (Å²) in [5.41, 5.74) is 9.95. The van der Waals surface area contributed by atoms with E-state index in [1.165, 1.54) is 17.5 Å². The molecule has 0 radical (unpaired) electrons. The van der Waals surface area contributed by atoms with Crippen molar-refractivity contribution in [1.29, 1.82) is 0 Å². The van der Waals surface area contributed by atoms with Gasteiger partial charge in [0.25, 0.3) is 0 Å². The van der Waals surface area contributed by atoms with Gasteiger partial charge in [0.15, 0.2) is 11.6 Å². The molecule has 1 aromatic carbocycles. The van der Waals surface area contributed by atoms with Crippen LogP contribution in [0.15, 0.2) is 37.2 Å². The Labute approximate surface area is 119 Å². The molecule has 4 N–H and O–H groups in total. The normalized spacial score (nSPS) is 10.1. The summed E-state index contributed by atoms with van der Waals surface area (Å²) in [6.45, 7) is 8.39. The summed E-state index contributed by atoms with van der Waals surface area (Å²) < 4.78 is 0. The number of benzene rings is 1. The quantitative estimate of drug-likeness (QED) is 0.727. The summed E-state index contributed by atoms with van der Waals surface area (Å²) in [6.07, 6.45) is 3.23. The van der Waals surface area contributed by atoms with Gasteiger partial charge in [-0.05, 0) is 31.0 Å². The highest BCUT2D eigenvalue weighted by molar-refractivity contribution is 5.78. The van der Waals surface area contributed by atoms with E-state index in [2.05, 4.69) is 47.1 Å². The third-order valence-electron chi connectivity index (χ3n) is 3.16. The smallest absolute Gasteiger partial charge is 0.159 e. The minimum Gasteiger partial charge on any atom is -0.393 e. The van der Waals surface area contributed by atoms with Crippen molar-refractivity contribution in [2.24, 2.45) is 0 Å². The zero-order valence-corrected chi connectivity index (χ0v) is 11.8. The number of nitrogens with two attached hydrogens (primary N) is 1. The van der Waals surface area contributed by atoms with Gasteiger partial charge in [-0.3, -0.25) is 0 Å². The molecule has 1 heterocycles. The fourth-order valence-corrected chi connectivity index (χ4v) is 1.82. The lowest BCUT2D eigenvalue weighted by molar-refractivity contribution is 1.14. The molecule has 0 aliphatic carbocycles. The summed E-state index contributed by atoms with van der Waals surface area (Å²) in [5.74, 6) is 1.20. The second-order valence-corrected chi connectivity index (χ2v) is 4.53. The molecule has 0 atom stereocenters.